The fourth-order valence-corrected chi connectivity index (χ4v) is 3.29. The Balaban J connectivity index is 1.54. The van der Waals surface area contributed by atoms with Gasteiger partial charge in [-0.2, -0.15) is 0 Å². The number of ether oxygens (including phenoxy) is 3. The second-order valence-electron chi connectivity index (χ2n) is 6.53. The second-order valence-corrected chi connectivity index (χ2v) is 6.53. The van der Waals surface area contributed by atoms with Crippen LogP contribution in [0.4, 0.5) is 5.69 Å². The van der Waals surface area contributed by atoms with Gasteiger partial charge in [-0.25, -0.2) is 0 Å². The molecule has 1 N–H and O–H groups in total. The Kier molecular flexibility index (Phi) is 6.19. The van der Waals surface area contributed by atoms with E-state index in [-0.39, 0.29) is 5.91 Å². The molecule has 0 radical (unpaired) electrons. The lowest BCUT2D eigenvalue weighted by Gasteiger charge is -2.29. The molecule has 0 spiro atoms. The molecule has 3 rings (SSSR count). The lowest BCUT2D eigenvalue weighted by atomic mass is 9.98. The molecular weight excluding hydrogens is 344 g/mol. The smallest absolute Gasteiger partial charge is 0.225 e. The molecule has 1 aliphatic rings. The molecule has 1 aliphatic heterocycles. The van der Waals surface area contributed by atoms with Crippen LogP contribution in [-0.2, 0) is 17.8 Å². The molecular formula is C21H26N2O4. The van der Waals surface area contributed by atoms with Crippen molar-refractivity contribution in [1.29, 1.82) is 0 Å². The number of rotatable bonds is 7. The van der Waals surface area contributed by atoms with E-state index in [1.54, 1.807) is 21.3 Å². The standard InChI is InChI=1S/C21H26N2O4/c1-25-18-6-4-17(5-7-18)22-21(24)9-11-23-10-8-15-12-19(26-2)20(27-3)13-16(15)14-23/h4-7,12-13H,8-11,14H2,1-3H3,(H,22,24). The maximum Gasteiger partial charge on any atom is 0.225 e. The fraction of sp³-hybridized carbons (Fsp3) is 0.381. The third-order valence-electron chi connectivity index (χ3n) is 4.83. The highest BCUT2D eigenvalue weighted by molar-refractivity contribution is 5.90. The summed E-state index contributed by atoms with van der Waals surface area (Å²) in [6, 6.07) is 11.4. The van der Waals surface area contributed by atoms with Crippen molar-refractivity contribution in [3.63, 3.8) is 0 Å². The van der Waals surface area contributed by atoms with E-state index in [4.69, 9.17) is 14.2 Å². The van der Waals surface area contributed by atoms with Crippen LogP contribution in [0.5, 0.6) is 17.2 Å². The van der Waals surface area contributed by atoms with Gasteiger partial charge in [-0.15, -0.1) is 0 Å². The number of hydrogen-bond acceptors (Lipinski definition) is 5. The molecule has 0 atom stereocenters. The molecule has 0 fully saturated rings. The van der Waals surface area contributed by atoms with Gasteiger partial charge in [-0.3, -0.25) is 9.69 Å². The normalized spacial score (nSPS) is 13.6. The molecule has 0 saturated heterocycles. The molecule has 27 heavy (non-hydrogen) atoms. The molecule has 144 valence electrons. The molecule has 0 bridgehead atoms. The molecule has 0 aliphatic carbocycles. The average Bonchev–Trinajstić information content (AvgIpc) is 2.71. The molecule has 0 aromatic heterocycles. The lowest BCUT2D eigenvalue weighted by molar-refractivity contribution is -0.116. The molecule has 6 nitrogen and oxygen atoms in total. The van der Waals surface area contributed by atoms with Crippen LogP contribution < -0.4 is 19.5 Å². The Bertz CT molecular complexity index is 790. The number of carbonyl (C=O) groups is 1. The Morgan fingerprint density at radius 3 is 2.30 bits per heavy atom. The van der Waals surface area contributed by atoms with E-state index in [1.165, 1.54) is 11.1 Å². The third-order valence-corrected chi connectivity index (χ3v) is 4.83. The first-order chi connectivity index (χ1) is 13.1. The number of anilines is 1. The third kappa shape index (κ3) is 4.71. The van der Waals surface area contributed by atoms with E-state index >= 15 is 0 Å². The first-order valence-corrected chi connectivity index (χ1v) is 9.03. The highest BCUT2D eigenvalue weighted by atomic mass is 16.5. The van der Waals surface area contributed by atoms with Crippen LogP contribution in [0.3, 0.4) is 0 Å². The first kappa shape index (κ1) is 19.0. The first-order valence-electron chi connectivity index (χ1n) is 9.03. The topological polar surface area (TPSA) is 60.0 Å². The number of benzene rings is 2. The van der Waals surface area contributed by atoms with Crippen LogP contribution in [0.25, 0.3) is 0 Å². The average molecular weight is 370 g/mol. The van der Waals surface area contributed by atoms with Crippen molar-refractivity contribution >= 4 is 11.6 Å². The quantitative estimate of drug-likeness (QED) is 0.812. The zero-order valence-electron chi connectivity index (χ0n) is 16.1. The van der Waals surface area contributed by atoms with Gasteiger partial charge in [0.1, 0.15) is 5.75 Å². The number of nitrogens with zero attached hydrogens (tertiary/aromatic N) is 1. The number of hydrogen-bond donors (Lipinski definition) is 1. The minimum absolute atomic E-state index is 0.0123. The van der Waals surface area contributed by atoms with E-state index in [0.29, 0.717) is 6.42 Å². The molecule has 2 aromatic carbocycles. The molecule has 6 heteroatoms. The SMILES string of the molecule is COc1ccc(NC(=O)CCN2CCc3cc(OC)c(OC)cc3C2)cc1. The number of carbonyl (C=O) groups excluding carboxylic acids is 1. The Labute approximate surface area is 160 Å². The van der Waals surface area contributed by atoms with Crippen LogP contribution >= 0.6 is 0 Å². The summed E-state index contributed by atoms with van der Waals surface area (Å²) in [5, 5.41) is 2.93. The largest absolute Gasteiger partial charge is 0.497 e. The maximum atomic E-state index is 12.2. The van der Waals surface area contributed by atoms with Gasteiger partial charge in [0.25, 0.3) is 0 Å². The van der Waals surface area contributed by atoms with Crippen LogP contribution in [0.15, 0.2) is 36.4 Å². The number of fused-ring (bicyclic) bond motifs is 1. The Hall–Kier alpha value is -2.73. The predicted molar refractivity (Wildman–Crippen MR) is 105 cm³/mol. The summed E-state index contributed by atoms with van der Waals surface area (Å²) in [5.41, 5.74) is 3.29. The van der Waals surface area contributed by atoms with E-state index in [9.17, 15) is 4.79 Å². The molecule has 0 saturated carbocycles. The van der Waals surface area contributed by atoms with E-state index in [1.807, 2.05) is 30.3 Å². The van der Waals surface area contributed by atoms with Crippen LogP contribution in [-0.4, -0.2) is 45.2 Å². The summed E-state index contributed by atoms with van der Waals surface area (Å²) in [6.45, 7) is 2.46. The van der Waals surface area contributed by atoms with Gasteiger partial charge in [0.15, 0.2) is 11.5 Å². The van der Waals surface area contributed by atoms with Crippen LogP contribution in [0.1, 0.15) is 17.5 Å². The molecule has 2 aromatic rings. The summed E-state index contributed by atoms with van der Waals surface area (Å²) in [7, 11) is 4.92. The van der Waals surface area contributed by atoms with Crippen LogP contribution in [0.2, 0.25) is 0 Å². The fourth-order valence-electron chi connectivity index (χ4n) is 3.29. The Morgan fingerprint density at radius 1 is 1.00 bits per heavy atom. The number of nitrogens with one attached hydrogen (secondary N) is 1. The monoisotopic (exact) mass is 370 g/mol. The van der Waals surface area contributed by atoms with Gasteiger partial charge < -0.3 is 19.5 Å². The van der Waals surface area contributed by atoms with Crippen molar-refractivity contribution in [2.24, 2.45) is 0 Å². The lowest BCUT2D eigenvalue weighted by Crippen LogP contribution is -2.33. The highest BCUT2D eigenvalue weighted by Gasteiger charge is 2.20. The zero-order valence-corrected chi connectivity index (χ0v) is 16.1. The summed E-state index contributed by atoms with van der Waals surface area (Å²) in [5.74, 6) is 2.30. The summed E-state index contributed by atoms with van der Waals surface area (Å²) < 4.78 is 15.9. The summed E-state index contributed by atoms with van der Waals surface area (Å²) in [6.07, 6.45) is 1.39. The van der Waals surface area contributed by atoms with Crippen molar-refractivity contribution in [3.8, 4) is 17.2 Å². The van der Waals surface area contributed by atoms with Crippen molar-refractivity contribution in [2.45, 2.75) is 19.4 Å². The minimum atomic E-state index is 0.0123. The van der Waals surface area contributed by atoms with Gasteiger partial charge in [0.05, 0.1) is 21.3 Å². The second kappa shape index (κ2) is 8.77. The Morgan fingerprint density at radius 2 is 1.67 bits per heavy atom. The van der Waals surface area contributed by atoms with Crippen molar-refractivity contribution in [3.05, 3.63) is 47.5 Å². The van der Waals surface area contributed by atoms with E-state index in [0.717, 1.165) is 49.0 Å². The van der Waals surface area contributed by atoms with Crippen LogP contribution in [0, 0.1) is 0 Å². The van der Waals surface area contributed by atoms with Crippen molar-refractivity contribution in [1.82, 2.24) is 4.90 Å². The van der Waals surface area contributed by atoms with E-state index < -0.39 is 0 Å². The van der Waals surface area contributed by atoms with Gasteiger partial charge in [-0.1, -0.05) is 0 Å². The number of amides is 1. The number of methoxy groups -OCH3 is 3. The van der Waals surface area contributed by atoms with Crippen molar-refractivity contribution < 1.29 is 19.0 Å². The summed E-state index contributed by atoms with van der Waals surface area (Å²) in [4.78, 5) is 14.5. The molecule has 1 amide bonds. The van der Waals surface area contributed by atoms with Gasteiger partial charge in [0, 0.05) is 31.7 Å². The minimum Gasteiger partial charge on any atom is -0.497 e. The summed E-state index contributed by atoms with van der Waals surface area (Å²) >= 11 is 0. The van der Waals surface area contributed by atoms with Gasteiger partial charge in [0.2, 0.25) is 5.91 Å². The highest BCUT2D eigenvalue weighted by Crippen LogP contribution is 2.33. The predicted octanol–water partition coefficient (Wildman–Crippen LogP) is 3.10. The molecule has 0 unspecified atom stereocenters. The van der Waals surface area contributed by atoms with Gasteiger partial charge in [-0.05, 0) is 53.9 Å². The van der Waals surface area contributed by atoms with Gasteiger partial charge >= 0.3 is 0 Å². The molecule has 1 heterocycles. The maximum absolute atomic E-state index is 12.2. The zero-order chi connectivity index (χ0) is 19.2. The van der Waals surface area contributed by atoms with E-state index in [2.05, 4.69) is 16.3 Å². The van der Waals surface area contributed by atoms with Crippen molar-refractivity contribution in [2.75, 3.05) is 39.7 Å².